The number of ether oxygens (including phenoxy) is 2. The molecule has 25 heavy (non-hydrogen) atoms. The van der Waals surface area contributed by atoms with Crippen molar-refractivity contribution in [3.05, 3.63) is 30.1 Å². The van der Waals surface area contributed by atoms with E-state index < -0.39 is 10.0 Å². The molecule has 1 saturated heterocycles. The number of amides is 1. The van der Waals surface area contributed by atoms with Crippen LogP contribution in [-0.2, 0) is 19.6 Å². The molecule has 0 unspecified atom stereocenters. The second-order valence-electron chi connectivity index (χ2n) is 5.58. The Hall–Kier alpha value is -1.71. The van der Waals surface area contributed by atoms with Crippen molar-refractivity contribution in [1.82, 2.24) is 9.62 Å². The van der Waals surface area contributed by atoms with Gasteiger partial charge in [-0.05, 0) is 30.7 Å². The fraction of sp³-hybridized carbons (Fsp3) is 0.562. The van der Waals surface area contributed by atoms with Crippen molar-refractivity contribution in [3.8, 4) is 5.75 Å². The molecular weight excluding hydrogens is 351 g/mol. The van der Waals surface area contributed by atoms with Gasteiger partial charge in [-0.1, -0.05) is 0 Å². The molecule has 1 amide bonds. The summed E-state index contributed by atoms with van der Waals surface area (Å²) in [4.78, 5) is 11.7. The molecule has 140 valence electrons. The molecular formula is C16H23FN2O5S. The Morgan fingerprint density at radius 1 is 1.24 bits per heavy atom. The highest BCUT2D eigenvalue weighted by Crippen LogP contribution is 2.11. The van der Waals surface area contributed by atoms with Gasteiger partial charge < -0.3 is 14.8 Å². The molecule has 0 bridgehead atoms. The highest BCUT2D eigenvalue weighted by molar-refractivity contribution is 7.89. The smallest absolute Gasteiger partial charge is 0.221 e. The number of sulfonamides is 1. The Morgan fingerprint density at radius 3 is 2.60 bits per heavy atom. The topological polar surface area (TPSA) is 84.9 Å². The molecule has 0 aromatic heterocycles. The summed E-state index contributed by atoms with van der Waals surface area (Å²) in [6, 6.07) is 5.69. The number of carbonyl (C=O) groups is 1. The lowest BCUT2D eigenvalue weighted by atomic mass is 10.3. The lowest BCUT2D eigenvalue weighted by Crippen LogP contribution is -2.42. The molecule has 1 N–H and O–H groups in total. The maximum atomic E-state index is 12.7. The minimum absolute atomic E-state index is 0.0709. The zero-order valence-electron chi connectivity index (χ0n) is 13.9. The van der Waals surface area contributed by atoms with Crippen molar-refractivity contribution in [3.63, 3.8) is 0 Å². The molecule has 1 aliphatic heterocycles. The van der Waals surface area contributed by atoms with E-state index in [9.17, 15) is 17.6 Å². The molecule has 1 fully saturated rings. The number of hydrogen-bond donors (Lipinski definition) is 1. The number of hydrogen-bond acceptors (Lipinski definition) is 5. The third-order valence-corrected chi connectivity index (χ3v) is 5.55. The first kappa shape index (κ1) is 19.6. The number of rotatable bonds is 9. The normalized spacial score (nSPS) is 15.7. The predicted octanol–water partition coefficient (Wildman–Crippen LogP) is 0.763. The third kappa shape index (κ3) is 6.97. The van der Waals surface area contributed by atoms with E-state index in [4.69, 9.17) is 9.47 Å². The summed E-state index contributed by atoms with van der Waals surface area (Å²) in [6.45, 7) is 2.21. The molecule has 0 radical (unpaired) electrons. The van der Waals surface area contributed by atoms with Gasteiger partial charge in [0.05, 0.1) is 25.6 Å². The quantitative estimate of drug-likeness (QED) is 0.645. The second-order valence-corrected chi connectivity index (χ2v) is 7.67. The van der Waals surface area contributed by atoms with Crippen LogP contribution in [-0.4, -0.2) is 63.8 Å². The van der Waals surface area contributed by atoms with Gasteiger partial charge in [0.25, 0.3) is 0 Å². The first-order valence-corrected chi connectivity index (χ1v) is 9.79. The van der Waals surface area contributed by atoms with Crippen LogP contribution in [0.15, 0.2) is 24.3 Å². The van der Waals surface area contributed by atoms with E-state index in [1.54, 1.807) is 0 Å². The SMILES string of the molecule is O=C(CCS(=O)(=O)N1CCOCC1)NCCCOc1ccc(F)cc1. The number of morpholine rings is 1. The summed E-state index contributed by atoms with van der Waals surface area (Å²) in [5.41, 5.74) is 0. The van der Waals surface area contributed by atoms with Crippen LogP contribution in [0.5, 0.6) is 5.75 Å². The van der Waals surface area contributed by atoms with Crippen molar-refractivity contribution in [2.45, 2.75) is 12.8 Å². The van der Waals surface area contributed by atoms with E-state index in [1.165, 1.54) is 28.6 Å². The minimum Gasteiger partial charge on any atom is -0.494 e. The highest BCUT2D eigenvalue weighted by atomic mass is 32.2. The largest absolute Gasteiger partial charge is 0.494 e. The van der Waals surface area contributed by atoms with Crippen LogP contribution >= 0.6 is 0 Å². The van der Waals surface area contributed by atoms with E-state index in [2.05, 4.69) is 5.32 Å². The van der Waals surface area contributed by atoms with Crippen molar-refractivity contribution >= 4 is 15.9 Å². The summed E-state index contributed by atoms with van der Waals surface area (Å²) in [5, 5.41) is 2.67. The van der Waals surface area contributed by atoms with E-state index in [0.717, 1.165) is 0 Å². The second kappa shape index (κ2) is 9.69. The van der Waals surface area contributed by atoms with Crippen molar-refractivity contribution in [2.75, 3.05) is 45.2 Å². The molecule has 1 aromatic rings. The van der Waals surface area contributed by atoms with Gasteiger partial charge in [0.1, 0.15) is 11.6 Å². The van der Waals surface area contributed by atoms with Gasteiger partial charge in [0, 0.05) is 26.1 Å². The third-order valence-electron chi connectivity index (χ3n) is 3.68. The maximum absolute atomic E-state index is 12.7. The van der Waals surface area contributed by atoms with E-state index >= 15 is 0 Å². The predicted molar refractivity (Wildman–Crippen MR) is 90.3 cm³/mol. The molecule has 1 heterocycles. The highest BCUT2D eigenvalue weighted by Gasteiger charge is 2.24. The number of benzene rings is 1. The van der Waals surface area contributed by atoms with Crippen molar-refractivity contribution < 1.29 is 27.1 Å². The van der Waals surface area contributed by atoms with Gasteiger partial charge in [-0.2, -0.15) is 4.31 Å². The van der Waals surface area contributed by atoms with Crippen LogP contribution in [0.3, 0.4) is 0 Å². The van der Waals surface area contributed by atoms with Crippen molar-refractivity contribution in [2.24, 2.45) is 0 Å². The number of carbonyl (C=O) groups excluding carboxylic acids is 1. The van der Waals surface area contributed by atoms with Crippen LogP contribution in [0.4, 0.5) is 4.39 Å². The van der Waals surface area contributed by atoms with Crippen LogP contribution in [0.2, 0.25) is 0 Å². The van der Waals surface area contributed by atoms with E-state index in [0.29, 0.717) is 51.6 Å². The van der Waals surface area contributed by atoms with Gasteiger partial charge in [0.15, 0.2) is 0 Å². The zero-order chi connectivity index (χ0) is 18.1. The molecule has 0 aliphatic carbocycles. The molecule has 9 heteroatoms. The molecule has 2 rings (SSSR count). The first-order valence-electron chi connectivity index (χ1n) is 8.18. The zero-order valence-corrected chi connectivity index (χ0v) is 14.8. The first-order chi connectivity index (χ1) is 12.0. The van der Waals surface area contributed by atoms with E-state index in [-0.39, 0.29) is 23.9 Å². The maximum Gasteiger partial charge on any atom is 0.221 e. The van der Waals surface area contributed by atoms with Gasteiger partial charge >= 0.3 is 0 Å². The summed E-state index contributed by atoms with van der Waals surface area (Å²) in [6.07, 6.45) is 0.498. The molecule has 7 nitrogen and oxygen atoms in total. The monoisotopic (exact) mass is 374 g/mol. The number of halogens is 1. The Morgan fingerprint density at radius 2 is 1.92 bits per heavy atom. The average molecular weight is 374 g/mol. The van der Waals surface area contributed by atoms with Gasteiger partial charge in [0.2, 0.25) is 15.9 Å². The van der Waals surface area contributed by atoms with Gasteiger partial charge in [-0.25, -0.2) is 12.8 Å². The van der Waals surface area contributed by atoms with Crippen LogP contribution in [0, 0.1) is 5.82 Å². The Bertz CT molecular complexity index is 645. The molecule has 1 aromatic carbocycles. The standard InChI is InChI=1S/C16H23FN2O5S/c17-14-2-4-15(5-3-14)24-10-1-7-18-16(20)6-13-25(21,22)19-8-11-23-12-9-19/h2-5H,1,6-13H2,(H,18,20). The average Bonchev–Trinajstić information content (AvgIpc) is 2.62. The van der Waals surface area contributed by atoms with Crippen LogP contribution in [0.25, 0.3) is 0 Å². The Balaban J connectivity index is 1.58. The lowest BCUT2D eigenvalue weighted by molar-refractivity contribution is -0.120. The van der Waals surface area contributed by atoms with Gasteiger partial charge in [-0.15, -0.1) is 0 Å². The van der Waals surface area contributed by atoms with Crippen LogP contribution in [0.1, 0.15) is 12.8 Å². The summed E-state index contributed by atoms with van der Waals surface area (Å²) >= 11 is 0. The number of nitrogens with zero attached hydrogens (tertiary/aromatic N) is 1. The summed E-state index contributed by atoms with van der Waals surface area (Å²) in [5.74, 6) is -0.278. The van der Waals surface area contributed by atoms with Gasteiger partial charge in [-0.3, -0.25) is 4.79 Å². The molecule has 0 saturated carbocycles. The summed E-state index contributed by atoms with van der Waals surface area (Å²) in [7, 11) is -3.42. The number of nitrogens with one attached hydrogen (secondary N) is 1. The Labute approximate surface area is 147 Å². The Kier molecular flexibility index (Phi) is 7.60. The van der Waals surface area contributed by atoms with Crippen LogP contribution < -0.4 is 10.1 Å². The van der Waals surface area contributed by atoms with E-state index in [1.807, 2.05) is 0 Å². The lowest BCUT2D eigenvalue weighted by Gasteiger charge is -2.25. The minimum atomic E-state index is -3.42. The molecule has 0 atom stereocenters. The fourth-order valence-electron chi connectivity index (χ4n) is 2.28. The van der Waals surface area contributed by atoms with Crippen molar-refractivity contribution in [1.29, 1.82) is 0 Å². The summed E-state index contributed by atoms with van der Waals surface area (Å²) < 4.78 is 48.8. The molecule has 0 spiro atoms. The molecule has 1 aliphatic rings. The fourth-order valence-corrected chi connectivity index (χ4v) is 3.69.